The molecule has 0 spiro atoms. The van der Waals surface area contributed by atoms with E-state index in [1.807, 2.05) is 0 Å². The molecule has 15 heavy (non-hydrogen) atoms. The molecular weight excluding hydrogens is 186 g/mol. The molecule has 1 aliphatic rings. The van der Waals surface area contributed by atoms with Crippen molar-refractivity contribution in [3.63, 3.8) is 0 Å². The molecule has 0 bridgehead atoms. The van der Waals surface area contributed by atoms with Gasteiger partial charge in [-0.3, -0.25) is 0 Å². The number of hydrogen-bond acceptors (Lipinski definition) is 2. The molecule has 2 heteroatoms. The summed E-state index contributed by atoms with van der Waals surface area (Å²) in [4.78, 5) is 0. The smallest absolute Gasteiger partial charge is 0.0465 e. The minimum Gasteiger partial charge on any atom is -0.385 e. The van der Waals surface area contributed by atoms with Gasteiger partial charge in [0.15, 0.2) is 0 Å². The Bertz CT molecular complexity index is 322. The Morgan fingerprint density at radius 2 is 2.33 bits per heavy atom. The quantitative estimate of drug-likeness (QED) is 0.758. The molecule has 0 saturated carbocycles. The van der Waals surface area contributed by atoms with E-state index >= 15 is 0 Å². The number of hydrogen-bond donors (Lipinski definition) is 1. The highest BCUT2D eigenvalue weighted by molar-refractivity contribution is 5.36. The predicted molar refractivity (Wildman–Crippen MR) is 62.0 cm³/mol. The van der Waals surface area contributed by atoms with Crippen molar-refractivity contribution in [1.29, 1.82) is 0 Å². The van der Waals surface area contributed by atoms with E-state index in [0.717, 1.165) is 32.5 Å². The number of methoxy groups -OCH3 is 1. The predicted octanol–water partition coefficient (Wildman–Crippen LogP) is 1.91. The zero-order valence-electron chi connectivity index (χ0n) is 9.38. The maximum absolute atomic E-state index is 5.09. The third-order valence-corrected chi connectivity index (χ3v) is 3.04. The van der Waals surface area contributed by atoms with Gasteiger partial charge in [0.1, 0.15) is 0 Å². The highest BCUT2D eigenvalue weighted by atomic mass is 16.5. The normalized spacial score (nSPS) is 15.0. The van der Waals surface area contributed by atoms with E-state index in [1.165, 1.54) is 23.1 Å². The molecule has 0 aromatic heterocycles. The van der Waals surface area contributed by atoms with E-state index in [2.05, 4.69) is 23.5 Å². The van der Waals surface area contributed by atoms with Crippen molar-refractivity contribution in [2.75, 3.05) is 20.3 Å². The van der Waals surface area contributed by atoms with E-state index in [9.17, 15) is 0 Å². The van der Waals surface area contributed by atoms with E-state index < -0.39 is 0 Å². The van der Waals surface area contributed by atoms with Crippen LogP contribution < -0.4 is 5.32 Å². The van der Waals surface area contributed by atoms with Gasteiger partial charge in [0.25, 0.3) is 0 Å². The van der Waals surface area contributed by atoms with Crippen molar-refractivity contribution in [2.24, 2.45) is 0 Å². The minimum atomic E-state index is 0.858. The summed E-state index contributed by atoms with van der Waals surface area (Å²) in [6.45, 7) is 3.02. The van der Waals surface area contributed by atoms with Crippen molar-refractivity contribution in [1.82, 2.24) is 5.32 Å². The lowest BCUT2D eigenvalue weighted by molar-refractivity contribution is 0.195. The second-order valence-corrected chi connectivity index (χ2v) is 4.08. The summed E-state index contributed by atoms with van der Waals surface area (Å²) < 4.78 is 5.09. The molecule has 1 aromatic carbocycles. The van der Waals surface area contributed by atoms with Crippen LogP contribution in [-0.4, -0.2) is 20.3 Å². The van der Waals surface area contributed by atoms with Crippen molar-refractivity contribution in [3.05, 3.63) is 34.9 Å². The molecular formula is C13H19NO. The standard InChI is InChI=1S/C13H19NO/c1-15-9-3-6-11-4-2-5-12-7-8-14-10-13(11)12/h2,4-5,14H,3,6-10H2,1H3. The van der Waals surface area contributed by atoms with Gasteiger partial charge in [-0.25, -0.2) is 0 Å². The van der Waals surface area contributed by atoms with Crippen molar-refractivity contribution in [2.45, 2.75) is 25.8 Å². The van der Waals surface area contributed by atoms with Crippen LogP contribution in [0.2, 0.25) is 0 Å². The van der Waals surface area contributed by atoms with Crippen molar-refractivity contribution in [3.8, 4) is 0 Å². The highest BCUT2D eigenvalue weighted by Gasteiger charge is 2.11. The van der Waals surface area contributed by atoms with Gasteiger partial charge in [-0.1, -0.05) is 18.2 Å². The zero-order valence-corrected chi connectivity index (χ0v) is 9.38. The summed E-state index contributed by atoms with van der Waals surface area (Å²) in [5, 5.41) is 3.44. The van der Waals surface area contributed by atoms with Gasteiger partial charge < -0.3 is 10.1 Å². The summed E-state index contributed by atoms with van der Waals surface area (Å²) in [6, 6.07) is 6.70. The van der Waals surface area contributed by atoms with Gasteiger partial charge in [-0.15, -0.1) is 0 Å². The fraction of sp³-hybridized carbons (Fsp3) is 0.538. The van der Waals surface area contributed by atoms with Crippen LogP contribution in [0.15, 0.2) is 18.2 Å². The van der Waals surface area contributed by atoms with Crippen LogP contribution in [0.1, 0.15) is 23.1 Å². The molecule has 0 fully saturated rings. The molecule has 1 N–H and O–H groups in total. The lowest BCUT2D eigenvalue weighted by atomic mass is 9.94. The molecule has 0 saturated heterocycles. The van der Waals surface area contributed by atoms with Gasteiger partial charge in [0.2, 0.25) is 0 Å². The van der Waals surface area contributed by atoms with Gasteiger partial charge in [-0.05, 0) is 42.5 Å². The van der Waals surface area contributed by atoms with Crippen LogP contribution in [0.5, 0.6) is 0 Å². The Balaban J connectivity index is 2.09. The number of aryl methyl sites for hydroxylation is 1. The second kappa shape index (κ2) is 5.29. The third-order valence-electron chi connectivity index (χ3n) is 3.04. The molecule has 0 atom stereocenters. The van der Waals surface area contributed by atoms with Crippen LogP contribution in [0, 0.1) is 0 Å². The van der Waals surface area contributed by atoms with Gasteiger partial charge in [0.05, 0.1) is 0 Å². The molecule has 82 valence electrons. The number of fused-ring (bicyclic) bond motifs is 1. The average molecular weight is 205 g/mol. The average Bonchev–Trinajstić information content (AvgIpc) is 2.30. The van der Waals surface area contributed by atoms with E-state index in [1.54, 1.807) is 7.11 Å². The summed E-state index contributed by atoms with van der Waals surface area (Å²) in [6.07, 6.45) is 3.43. The van der Waals surface area contributed by atoms with Crippen LogP contribution in [0.3, 0.4) is 0 Å². The Kier molecular flexibility index (Phi) is 3.75. The molecule has 1 aliphatic heterocycles. The zero-order chi connectivity index (χ0) is 10.5. The monoisotopic (exact) mass is 205 g/mol. The first-order chi connectivity index (χ1) is 7.42. The molecule has 2 rings (SSSR count). The molecule has 0 aliphatic carbocycles. The summed E-state index contributed by atoms with van der Waals surface area (Å²) in [5.74, 6) is 0. The van der Waals surface area contributed by atoms with E-state index in [-0.39, 0.29) is 0 Å². The third kappa shape index (κ3) is 2.58. The largest absolute Gasteiger partial charge is 0.385 e. The van der Waals surface area contributed by atoms with Crippen LogP contribution >= 0.6 is 0 Å². The number of rotatable bonds is 4. The van der Waals surface area contributed by atoms with Crippen LogP contribution in [0.4, 0.5) is 0 Å². The number of ether oxygens (including phenoxy) is 1. The minimum absolute atomic E-state index is 0.858. The number of benzene rings is 1. The van der Waals surface area contributed by atoms with Crippen molar-refractivity contribution < 1.29 is 4.74 Å². The Morgan fingerprint density at radius 3 is 3.20 bits per heavy atom. The molecule has 2 nitrogen and oxygen atoms in total. The summed E-state index contributed by atoms with van der Waals surface area (Å²) in [5.41, 5.74) is 4.56. The first kappa shape index (κ1) is 10.7. The molecule has 0 radical (unpaired) electrons. The van der Waals surface area contributed by atoms with Crippen LogP contribution in [-0.2, 0) is 24.1 Å². The van der Waals surface area contributed by atoms with Crippen molar-refractivity contribution >= 4 is 0 Å². The summed E-state index contributed by atoms with van der Waals surface area (Å²) >= 11 is 0. The lowest BCUT2D eigenvalue weighted by Crippen LogP contribution is -2.24. The summed E-state index contributed by atoms with van der Waals surface area (Å²) in [7, 11) is 1.77. The molecule has 1 aromatic rings. The SMILES string of the molecule is COCCCc1cccc2c1CNCC2. The highest BCUT2D eigenvalue weighted by Crippen LogP contribution is 2.19. The van der Waals surface area contributed by atoms with Crippen LogP contribution in [0.25, 0.3) is 0 Å². The van der Waals surface area contributed by atoms with Gasteiger partial charge >= 0.3 is 0 Å². The Morgan fingerprint density at radius 1 is 1.40 bits per heavy atom. The van der Waals surface area contributed by atoms with E-state index in [4.69, 9.17) is 4.74 Å². The van der Waals surface area contributed by atoms with E-state index in [0.29, 0.717) is 0 Å². The molecule has 0 unspecified atom stereocenters. The topological polar surface area (TPSA) is 21.3 Å². The molecule has 0 amide bonds. The maximum atomic E-state index is 5.09. The lowest BCUT2D eigenvalue weighted by Gasteiger charge is -2.20. The Labute approximate surface area is 91.6 Å². The first-order valence-electron chi connectivity index (χ1n) is 5.71. The number of nitrogens with one attached hydrogen (secondary N) is 1. The first-order valence-corrected chi connectivity index (χ1v) is 5.71. The maximum Gasteiger partial charge on any atom is 0.0465 e. The second-order valence-electron chi connectivity index (χ2n) is 4.08. The fourth-order valence-electron chi connectivity index (χ4n) is 2.23. The van der Waals surface area contributed by atoms with Gasteiger partial charge in [-0.2, -0.15) is 0 Å². The van der Waals surface area contributed by atoms with Gasteiger partial charge in [0, 0.05) is 20.3 Å². The fourth-order valence-corrected chi connectivity index (χ4v) is 2.23. The molecule has 1 heterocycles. The Hall–Kier alpha value is -0.860.